The Hall–Kier alpha value is -3.96. The number of nitrogens with zero attached hydrogens (tertiary/aromatic N) is 1. The predicted octanol–water partition coefficient (Wildman–Crippen LogP) is 6.42. The van der Waals surface area contributed by atoms with Gasteiger partial charge in [0.1, 0.15) is 0 Å². The molecule has 0 aliphatic carbocycles. The number of para-hydroxylation sites is 2. The van der Waals surface area contributed by atoms with Gasteiger partial charge < -0.3 is 10.3 Å². The van der Waals surface area contributed by atoms with E-state index in [1.165, 1.54) is 6.08 Å². The van der Waals surface area contributed by atoms with Crippen LogP contribution in [0.3, 0.4) is 0 Å². The number of nitrogens with one attached hydrogen (secondary N) is 2. The van der Waals surface area contributed by atoms with Crippen LogP contribution in [-0.2, 0) is 0 Å². The molecule has 4 rings (SSSR count). The van der Waals surface area contributed by atoms with E-state index in [0.29, 0.717) is 27.2 Å². The van der Waals surface area contributed by atoms with Crippen LogP contribution in [-0.4, -0.2) is 23.5 Å². The van der Waals surface area contributed by atoms with Crippen molar-refractivity contribution in [2.75, 3.05) is 12.4 Å². The molecule has 0 bridgehead atoms. The molecule has 0 aliphatic heterocycles. The first-order chi connectivity index (χ1) is 16.0. The number of anilines is 1. The Labute approximate surface area is 196 Å². The molecule has 2 N–H and O–H groups in total. The molecule has 33 heavy (non-hydrogen) atoms. The molecule has 0 fully saturated rings. The number of aromatic nitrogens is 1. The molecule has 0 aliphatic rings. The SMILES string of the molecule is CNc1ccccc1N=C(C)/C=C/C(=O)c1c(-c2ccccc2)c2cc(Cl)ccc2[nH]c1=O. The van der Waals surface area contributed by atoms with Crippen LogP contribution < -0.4 is 10.9 Å². The summed E-state index contributed by atoms with van der Waals surface area (Å²) < 4.78 is 0. The first-order valence-electron chi connectivity index (χ1n) is 10.4. The summed E-state index contributed by atoms with van der Waals surface area (Å²) in [7, 11) is 1.83. The van der Waals surface area contributed by atoms with E-state index in [9.17, 15) is 9.59 Å². The highest BCUT2D eigenvalue weighted by Crippen LogP contribution is 2.31. The molecule has 4 aromatic rings. The zero-order valence-corrected chi connectivity index (χ0v) is 19.0. The molecule has 0 radical (unpaired) electrons. The molecular weight excluding hydrogens is 434 g/mol. The van der Waals surface area contributed by atoms with Crippen LogP contribution in [0.25, 0.3) is 22.0 Å². The van der Waals surface area contributed by atoms with E-state index >= 15 is 0 Å². The third-order valence-electron chi connectivity index (χ3n) is 5.23. The highest BCUT2D eigenvalue weighted by molar-refractivity contribution is 6.31. The Morgan fingerprint density at radius 1 is 1.00 bits per heavy atom. The van der Waals surface area contributed by atoms with Gasteiger partial charge in [-0.3, -0.25) is 14.6 Å². The summed E-state index contributed by atoms with van der Waals surface area (Å²) in [5, 5.41) is 4.32. The summed E-state index contributed by atoms with van der Waals surface area (Å²) in [6.07, 6.45) is 3.00. The van der Waals surface area contributed by atoms with Crippen LogP contribution in [0.1, 0.15) is 17.3 Å². The Balaban J connectivity index is 1.81. The van der Waals surface area contributed by atoms with Gasteiger partial charge in [0.2, 0.25) is 0 Å². The number of allylic oxidation sites excluding steroid dienone is 2. The summed E-state index contributed by atoms with van der Waals surface area (Å²) in [6.45, 7) is 1.80. The number of carbonyl (C=O) groups is 1. The van der Waals surface area contributed by atoms with Gasteiger partial charge in [-0.2, -0.15) is 0 Å². The summed E-state index contributed by atoms with van der Waals surface area (Å²) in [5.74, 6) is -0.409. The quantitative estimate of drug-likeness (QED) is 0.200. The number of aliphatic imine (C=N–C) groups is 1. The molecule has 5 nitrogen and oxygen atoms in total. The molecule has 1 aromatic heterocycles. The van der Waals surface area contributed by atoms with Gasteiger partial charge in [0.05, 0.1) is 16.9 Å². The molecule has 0 saturated heterocycles. The zero-order valence-electron chi connectivity index (χ0n) is 18.2. The molecule has 0 spiro atoms. The number of pyridine rings is 1. The number of aromatic amines is 1. The fourth-order valence-electron chi connectivity index (χ4n) is 3.69. The monoisotopic (exact) mass is 455 g/mol. The van der Waals surface area contributed by atoms with E-state index in [-0.39, 0.29) is 5.56 Å². The lowest BCUT2D eigenvalue weighted by Crippen LogP contribution is -2.18. The van der Waals surface area contributed by atoms with Crippen LogP contribution in [0.15, 0.2) is 94.7 Å². The van der Waals surface area contributed by atoms with Crippen molar-refractivity contribution in [3.05, 3.63) is 106 Å². The Morgan fingerprint density at radius 2 is 1.73 bits per heavy atom. The van der Waals surface area contributed by atoms with Crippen LogP contribution in [0, 0.1) is 0 Å². The Morgan fingerprint density at radius 3 is 2.48 bits per heavy atom. The smallest absolute Gasteiger partial charge is 0.260 e. The molecule has 0 saturated carbocycles. The number of carbonyl (C=O) groups excluding carboxylic acids is 1. The molecule has 0 amide bonds. The van der Waals surface area contributed by atoms with Gasteiger partial charge in [0.15, 0.2) is 5.78 Å². The van der Waals surface area contributed by atoms with Gasteiger partial charge in [0, 0.05) is 34.2 Å². The van der Waals surface area contributed by atoms with Gasteiger partial charge >= 0.3 is 0 Å². The summed E-state index contributed by atoms with van der Waals surface area (Å²) in [4.78, 5) is 33.6. The number of fused-ring (bicyclic) bond motifs is 1. The van der Waals surface area contributed by atoms with E-state index in [0.717, 1.165) is 16.9 Å². The standard InChI is InChI=1S/C27H22ClN3O2/c1-17(30-23-11-7-6-10-22(23)29-2)12-15-24(32)26-25(18-8-4-3-5-9-18)20-16-19(28)13-14-21(20)31-27(26)33/h3-16,29H,1-2H3,(H,31,33)/b15-12+,30-17?. The van der Waals surface area contributed by atoms with Crippen LogP contribution in [0.2, 0.25) is 5.02 Å². The largest absolute Gasteiger partial charge is 0.386 e. The Kier molecular flexibility index (Phi) is 6.52. The number of halogens is 1. The number of hydrogen-bond donors (Lipinski definition) is 2. The lowest BCUT2D eigenvalue weighted by molar-refractivity contribution is 0.104. The number of ketones is 1. The fraction of sp³-hybridized carbons (Fsp3) is 0.0741. The van der Waals surface area contributed by atoms with Gasteiger partial charge in [-0.25, -0.2) is 0 Å². The zero-order chi connectivity index (χ0) is 23.4. The van der Waals surface area contributed by atoms with Crippen molar-refractivity contribution in [3.63, 3.8) is 0 Å². The van der Waals surface area contributed by atoms with Crippen molar-refractivity contribution < 1.29 is 4.79 Å². The number of benzene rings is 3. The first-order valence-corrected chi connectivity index (χ1v) is 10.8. The van der Waals surface area contributed by atoms with Crippen LogP contribution in [0.5, 0.6) is 0 Å². The van der Waals surface area contributed by atoms with Gasteiger partial charge in [0.25, 0.3) is 5.56 Å². The Bertz CT molecular complexity index is 1450. The maximum absolute atomic E-state index is 13.3. The minimum atomic E-state index is -0.451. The second-order valence-corrected chi connectivity index (χ2v) is 7.91. The minimum absolute atomic E-state index is 0.0654. The van der Waals surface area contributed by atoms with Crippen LogP contribution in [0.4, 0.5) is 11.4 Å². The second kappa shape index (κ2) is 9.67. The fourth-order valence-corrected chi connectivity index (χ4v) is 3.87. The summed E-state index contributed by atoms with van der Waals surface area (Å²) in [5.41, 5.74) is 3.83. The van der Waals surface area contributed by atoms with Gasteiger partial charge in [-0.15, -0.1) is 0 Å². The molecule has 6 heteroatoms. The van der Waals surface area contributed by atoms with E-state index < -0.39 is 11.3 Å². The van der Waals surface area contributed by atoms with Gasteiger partial charge in [-0.05, 0) is 55.0 Å². The third kappa shape index (κ3) is 4.78. The molecule has 164 valence electrons. The lowest BCUT2D eigenvalue weighted by atomic mass is 9.94. The topological polar surface area (TPSA) is 74.3 Å². The molecule has 1 heterocycles. The van der Waals surface area contributed by atoms with E-state index in [1.54, 1.807) is 31.2 Å². The van der Waals surface area contributed by atoms with Crippen molar-refractivity contribution in [2.24, 2.45) is 4.99 Å². The van der Waals surface area contributed by atoms with Crippen molar-refractivity contribution in [1.29, 1.82) is 0 Å². The maximum atomic E-state index is 13.3. The first kappa shape index (κ1) is 22.2. The second-order valence-electron chi connectivity index (χ2n) is 7.48. The van der Waals surface area contributed by atoms with Crippen molar-refractivity contribution >= 4 is 45.4 Å². The average molecular weight is 456 g/mol. The normalized spacial score (nSPS) is 11.8. The highest BCUT2D eigenvalue weighted by atomic mass is 35.5. The molecule has 0 unspecified atom stereocenters. The lowest BCUT2D eigenvalue weighted by Gasteiger charge is -2.11. The number of hydrogen-bond acceptors (Lipinski definition) is 4. The minimum Gasteiger partial charge on any atom is -0.386 e. The number of rotatable bonds is 6. The summed E-state index contributed by atoms with van der Waals surface area (Å²) >= 11 is 6.24. The van der Waals surface area contributed by atoms with E-state index in [1.807, 2.05) is 61.6 Å². The molecular formula is C27H22ClN3O2. The van der Waals surface area contributed by atoms with Crippen LogP contribution >= 0.6 is 11.6 Å². The van der Waals surface area contributed by atoms with Gasteiger partial charge in [-0.1, -0.05) is 54.1 Å². The average Bonchev–Trinajstić information content (AvgIpc) is 2.83. The maximum Gasteiger partial charge on any atom is 0.260 e. The van der Waals surface area contributed by atoms with E-state index in [4.69, 9.17) is 11.6 Å². The van der Waals surface area contributed by atoms with Crippen molar-refractivity contribution in [1.82, 2.24) is 4.98 Å². The van der Waals surface area contributed by atoms with Crippen molar-refractivity contribution in [3.8, 4) is 11.1 Å². The van der Waals surface area contributed by atoms with Crippen molar-refractivity contribution in [2.45, 2.75) is 6.92 Å². The highest BCUT2D eigenvalue weighted by Gasteiger charge is 2.19. The van der Waals surface area contributed by atoms with E-state index in [2.05, 4.69) is 15.3 Å². The molecule has 3 aromatic carbocycles. The molecule has 0 atom stereocenters. The summed E-state index contributed by atoms with van der Waals surface area (Å²) in [6, 6.07) is 22.2. The number of H-pyrrole nitrogens is 1. The predicted molar refractivity (Wildman–Crippen MR) is 137 cm³/mol. The third-order valence-corrected chi connectivity index (χ3v) is 5.47.